The monoisotopic (exact) mass is 397 g/mol. The number of nitrogens with zero attached hydrogens (tertiary/aromatic N) is 1. The summed E-state index contributed by atoms with van der Waals surface area (Å²) in [5.74, 6) is -0.670. The number of benzene rings is 2. The van der Waals surface area contributed by atoms with E-state index >= 15 is 0 Å². The van der Waals surface area contributed by atoms with E-state index in [1.807, 2.05) is 37.3 Å². The summed E-state index contributed by atoms with van der Waals surface area (Å²) in [6.45, 7) is 1.98. The summed E-state index contributed by atoms with van der Waals surface area (Å²) in [5, 5.41) is 0. The van der Waals surface area contributed by atoms with Crippen molar-refractivity contribution in [3.63, 3.8) is 0 Å². The minimum atomic E-state index is -0.476. The number of aromatic nitrogens is 1. The number of aryl methyl sites for hydroxylation is 2. The molecule has 3 aromatic rings. The van der Waals surface area contributed by atoms with E-state index in [4.69, 9.17) is 0 Å². The standard InChI is InChI=1S/C21H17BrFNO/c1-14-11-17(22)6-8-18(14)16-5-7-19(20(23)12-16)21(25)9-4-15-3-2-10-24-13-15/h2-3,5-8,10-13H,4,9H2,1H3. The van der Waals surface area contributed by atoms with Crippen molar-refractivity contribution < 1.29 is 9.18 Å². The fraction of sp³-hybridized carbons (Fsp3) is 0.143. The minimum Gasteiger partial charge on any atom is -0.294 e. The van der Waals surface area contributed by atoms with Crippen molar-refractivity contribution in [2.75, 3.05) is 0 Å². The molecule has 0 N–H and O–H groups in total. The molecule has 1 aromatic heterocycles. The van der Waals surface area contributed by atoms with Gasteiger partial charge in [-0.3, -0.25) is 9.78 Å². The fourth-order valence-corrected chi connectivity index (χ4v) is 3.27. The van der Waals surface area contributed by atoms with Gasteiger partial charge >= 0.3 is 0 Å². The molecule has 0 aliphatic carbocycles. The molecule has 0 fully saturated rings. The van der Waals surface area contributed by atoms with Gasteiger partial charge in [0.15, 0.2) is 5.78 Å². The Hall–Kier alpha value is -2.33. The Kier molecular flexibility index (Phi) is 5.39. The van der Waals surface area contributed by atoms with Crippen LogP contribution in [-0.4, -0.2) is 10.8 Å². The third-order valence-electron chi connectivity index (χ3n) is 4.13. The Balaban J connectivity index is 1.78. The van der Waals surface area contributed by atoms with Crippen LogP contribution < -0.4 is 0 Å². The maximum Gasteiger partial charge on any atom is 0.166 e. The first-order valence-electron chi connectivity index (χ1n) is 8.03. The van der Waals surface area contributed by atoms with E-state index in [9.17, 15) is 9.18 Å². The second kappa shape index (κ2) is 7.70. The van der Waals surface area contributed by atoms with Gasteiger partial charge in [0.25, 0.3) is 0 Å². The average Bonchev–Trinajstić information content (AvgIpc) is 2.60. The normalized spacial score (nSPS) is 10.7. The molecule has 0 saturated heterocycles. The van der Waals surface area contributed by atoms with Gasteiger partial charge < -0.3 is 0 Å². The number of carbonyl (C=O) groups excluding carboxylic acids is 1. The van der Waals surface area contributed by atoms with Gasteiger partial charge in [-0.25, -0.2) is 4.39 Å². The van der Waals surface area contributed by atoms with Crippen LogP contribution in [0, 0.1) is 12.7 Å². The van der Waals surface area contributed by atoms with Crippen LogP contribution in [0.4, 0.5) is 4.39 Å². The molecule has 0 amide bonds. The molecule has 4 heteroatoms. The number of pyridine rings is 1. The Labute approximate surface area is 154 Å². The topological polar surface area (TPSA) is 30.0 Å². The molecule has 0 saturated carbocycles. The maximum absolute atomic E-state index is 14.5. The summed E-state index contributed by atoms with van der Waals surface area (Å²) in [7, 11) is 0. The van der Waals surface area contributed by atoms with Crippen molar-refractivity contribution in [2.24, 2.45) is 0 Å². The predicted octanol–water partition coefficient (Wildman–Crippen LogP) is 5.77. The molecule has 0 atom stereocenters. The first kappa shape index (κ1) is 17.5. The third kappa shape index (κ3) is 4.20. The van der Waals surface area contributed by atoms with Crippen LogP contribution in [0.1, 0.15) is 27.9 Å². The van der Waals surface area contributed by atoms with Crippen molar-refractivity contribution in [2.45, 2.75) is 19.8 Å². The molecule has 2 nitrogen and oxygen atoms in total. The van der Waals surface area contributed by atoms with Crippen molar-refractivity contribution in [3.05, 3.63) is 87.9 Å². The van der Waals surface area contributed by atoms with Crippen LogP contribution in [0.3, 0.4) is 0 Å². The first-order valence-corrected chi connectivity index (χ1v) is 8.82. The van der Waals surface area contributed by atoms with Crippen LogP contribution in [0.2, 0.25) is 0 Å². The summed E-state index contributed by atoms with van der Waals surface area (Å²) in [5.41, 5.74) is 3.88. The van der Waals surface area contributed by atoms with Crippen LogP contribution in [0.5, 0.6) is 0 Å². The SMILES string of the molecule is Cc1cc(Br)ccc1-c1ccc(C(=O)CCc2cccnc2)c(F)c1. The van der Waals surface area contributed by atoms with E-state index < -0.39 is 5.82 Å². The minimum absolute atomic E-state index is 0.141. The Bertz CT molecular complexity index is 909. The van der Waals surface area contributed by atoms with E-state index in [-0.39, 0.29) is 17.8 Å². The molecule has 3 rings (SSSR count). The van der Waals surface area contributed by atoms with Crippen molar-refractivity contribution in [1.82, 2.24) is 4.98 Å². The highest BCUT2D eigenvalue weighted by molar-refractivity contribution is 9.10. The van der Waals surface area contributed by atoms with Crippen LogP contribution in [-0.2, 0) is 6.42 Å². The summed E-state index contributed by atoms with van der Waals surface area (Å²) >= 11 is 3.43. The second-order valence-corrected chi connectivity index (χ2v) is 6.85. The smallest absolute Gasteiger partial charge is 0.166 e. The van der Waals surface area contributed by atoms with Crippen molar-refractivity contribution in [1.29, 1.82) is 0 Å². The molecule has 0 aliphatic heterocycles. The number of hydrogen-bond donors (Lipinski definition) is 0. The average molecular weight is 398 g/mol. The molecule has 1 heterocycles. The Morgan fingerprint density at radius 2 is 2.00 bits per heavy atom. The molecule has 0 bridgehead atoms. The van der Waals surface area contributed by atoms with E-state index in [0.29, 0.717) is 6.42 Å². The van der Waals surface area contributed by atoms with E-state index in [2.05, 4.69) is 20.9 Å². The van der Waals surface area contributed by atoms with E-state index in [0.717, 1.165) is 26.7 Å². The number of ketones is 1. The predicted molar refractivity (Wildman–Crippen MR) is 101 cm³/mol. The molecule has 0 aliphatic rings. The third-order valence-corrected chi connectivity index (χ3v) is 4.63. The molecule has 0 radical (unpaired) electrons. The largest absolute Gasteiger partial charge is 0.294 e. The second-order valence-electron chi connectivity index (χ2n) is 5.94. The molecular weight excluding hydrogens is 381 g/mol. The lowest BCUT2D eigenvalue weighted by atomic mass is 9.97. The van der Waals surface area contributed by atoms with Crippen LogP contribution >= 0.6 is 15.9 Å². The van der Waals surface area contributed by atoms with Gasteiger partial charge in [-0.15, -0.1) is 0 Å². The highest BCUT2D eigenvalue weighted by Crippen LogP contribution is 2.28. The Morgan fingerprint density at radius 1 is 1.16 bits per heavy atom. The fourth-order valence-electron chi connectivity index (χ4n) is 2.80. The molecule has 0 spiro atoms. The van der Waals surface area contributed by atoms with Crippen molar-refractivity contribution in [3.8, 4) is 11.1 Å². The maximum atomic E-state index is 14.5. The molecular formula is C21H17BrFNO. The number of rotatable bonds is 5. The number of halogens is 2. The van der Waals surface area contributed by atoms with Crippen LogP contribution in [0.15, 0.2) is 65.4 Å². The van der Waals surface area contributed by atoms with Gasteiger partial charge in [0, 0.05) is 23.3 Å². The lowest BCUT2D eigenvalue weighted by Gasteiger charge is -2.09. The van der Waals surface area contributed by atoms with Gasteiger partial charge in [-0.05, 0) is 65.9 Å². The van der Waals surface area contributed by atoms with Gasteiger partial charge in [-0.1, -0.05) is 34.1 Å². The number of Topliss-reactive ketones (excluding diaryl/α,β-unsaturated/α-hetero) is 1. The zero-order valence-electron chi connectivity index (χ0n) is 13.8. The molecule has 25 heavy (non-hydrogen) atoms. The molecule has 0 unspecified atom stereocenters. The first-order chi connectivity index (χ1) is 12.0. The lowest BCUT2D eigenvalue weighted by Crippen LogP contribution is -2.04. The number of carbonyl (C=O) groups is 1. The quantitative estimate of drug-likeness (QED) is 0.511. The van der Waals surface area contributed by atoms with E-state index in [1.54, 1.807) is 24.5 Å². The van der Waals surface area contributed by atoms with Gasteiger partial charge in [0.2, 0.25) is 0 Å². The Morgan fingerprint density at radius 3 is 2.68 bits per heavy atom. The lowest BCUT2D eigenvalue weighted by molar-refractivity contribution is 0.0979. The van der Waals surface area contributed by atoms with Crippen LogP contribution in [0.25, 0.3) is 11.1 Å². The summed E-state index contributed by atoms with van der Waals surface area (Å²) in [6.07, 6.45) is 4.23. The van der Waals surface area contributed by atoms with Crippen molar-refractivity contribution >= 4 is 21.7 Å². The van der Waals surface area contributed by atoms with Gasteiger partial charge in [0.1, 0.15) is 5.82 Å². The highest BCUT2D eigenvalue weighted by atomic mass is 79.9. The summed E-state index contributed by atoms with van der Waals surface area (Å²) < 4.78 is 15.5. The molecule has 126 valence electrons. The molecule has 2 aromatic carbocycles. The zero-order valence-corrected chi connectivity index (χ0v) is 15.4. The van der Waals surface area contributed by atoms with Gasteiger partial charge in [0.05, 0.1) is 5.56 Å². The highest BCUT2D eigenvalue weighted by Gasteiger charge is 2.14. The summed E-state index contributed by atoms with van der Waals surface area (Å²) in [6, 6.07) is 14.4. The number of hydrogen-bond acceptors (Lipinski definition) is 2. The summed E-state index contributed by atoms with van der Waals surface area (Å²) in [4.78, 5) is 16.4. The van der Waals surface area contributed by atoms with E-state index in [1.165, 1.54) is 6.07 Å². The van der Waals surface area contributed by atoms with Gasteiger partial charge in [-0.2, -0.15) is 0 Å². The zero-order chi connectivity index (χ0) is 17.8.